The van der Waals surface area contributed by atoms with Crippen LogP contribution in [0, 0.1) is 5.92 Å². The molecule has 1 aliphatic rings. The van der Waals surface area contributed by atoms with Gasteiger partial charge in [-0.3, -0.25) is 19.4 Å². The van der Waals surface area contributed by atoms with Crippen LogP contribution >= 0.6 is 0 Å². The van der Waals surface area contributed by atoms with Gasteiger partial charge in [-0.25, -0.2) is 4.79 Å². The summed E-state index contributed by atoms with van der Waals surface area (Å²) in [6.45, 7) is 0. The summed E-state index contributed by atoms with van der Waals surface area (Å²) in [5.74, 6) is -2.61. The van der Waals surface area contributed by atoms with Gasteiger partial charge in [-0.05, 0) is 0 Å². The lowest BCUT2D eigenvalue weighted by molar-refractivity contribution is -0.144. The molecule has 0 aliphatic carbocycles. The van der Waals surface area contributed by atoms with E-state index >= 15 is 0 Å². The van der Waals surface area contributed by atoms with E-state index in [1.807, 2.05) is 0 Å². The van der Waals surface area contributed by atoms with Crippen LogP contribution in [0.25, 0.3) is 0 Å². The minimum atomic E-state index is -1.22. The number of urea groups is 1. The van der Waals surface area contributed by atoms with Crippen molar-refractivity contribution in [2.24, 2.45) is 11.1 Å². The Labute approximate surface area is 79.6 Å². The Morgan fingerprint density at radius 2 is 1.64 bits per heavy atom. The number of hydrogen-bond donors (Lipinski definition) is 1. The van der Waals surface area contributed by atoms with Crippen molar-refractivity contribution < 1.29 is 19.6 Å². The highest BCUT2D eigenvalue weighted by Crippen LogP contribution is 2.13. The Balaban J connectivity index is 3.04. The van der Waals surface area contributed by atoms with Crippen molar-refractivity contribution in [3.05, 3.63) is 0 Å². The molecule has 1 heterocycles. The molecule has 0 aromatic rings. The molecule has 1 rings (SSSR count). The quantitative estimate of drug-likeness (QED) is 0.257. The summed E-state index contributed by atoms with van der Waals surface area (Å²) in [6.07, 6.45) is 0.796. The predicted molar refractivity (Wildman–Crippen MR) is 44.7 cm³/mol. The summed E-state index contributed by atoms with van der Waals surface area (Å²) >= 11 is 0. The summed E-state index contributed by atoms with van der Waals surface area (Å²) < 4.78 is 0. The first-order valence-electron chi connectivity index (χ1n) is 3.77. The highest BCUT2D eigenvalue weighted by Gasteiger charge is 2.41. The second-order valence-electron chi connectivity index (χ2n) is 2.82. The molecule has 1 N–H and O–H groups in total. The van der Waals surface area contributed by atoms with Crippen molar-refractivity contribution in [3.63, 3.8) is 0 Å². The Morgan fingerprint density at radius 3 is 2.00 bits per heavy atom. The zero-order valence-corrected chi connectivity index (χ0v) is 7.67. The van der Waals surface area contributed by atoms with Gasteiger partial charge in [0.25, 0.3) is 0 Å². The molecule has 0 bridgehead atoms. The number of imide groups is 2. The second kappa shape index (κ2) is 3.44. The Morgan fingerprint density at radius 1 is 1.21 bits per heavy atom. The number of carbonyl (C=O) groups excluding carboxylic acids is 3. The van der Waals surface area contributed by atoms with E-state index in [4.69, 9.17) is 5.21 Å². The minimum absolute atomic E-state index is 0.692. The van der Waals surface area contributed by atoms with Crippen molar-refractivity contribution in [2.45, 2.75) is 0 Å². The number of barbiturate groups is 1. The second-order valence-corrected chi connectivity index (χ2v) is 2.82. The fourth-order valence-corrected chi connectivity index (χ4v) is 1.13. The maximum Gasteiger partial charge on any atom is 0.332 e. The van der Waals surface area contributed by atoms with Crippen molar-refractivity contribution >= 4 is 24.1 Å². The van der Waals surface area contributed by atoms with E-state index in [1.54, 1.807) is 0 Å². The summed E-state index contributed by atoms with van der Waals surface area (Å²) in [5.41, 5.74) is 0. The molecule has 0 atom stereocenters. The molecule has 76 valence electrons. The van der Waals surface area contributed by atoms with Crippen molar-refractivity contribution in [3.8, 4) is 0 Å². The van der Waals surface area contributed by atoms with Crippen LogP contribution in [0.3, 0.4) is 0 Å². The maximum atomic E-state index is 11.3. The molecule has 0 aromatic carbocycles. The van der Waals surface area contributed by atoms with E-state index in [2.05, 4.69) is 5.16 Å². The van der Waals surface area contributed by atoms with E-state index in [1.165, 1.54) is 14.1 Å². The largest absolute Gasteiger partial charge is 0.411 e. The maximum absolute atomic E-state index is 11.3. The summed E-state index contributed by atoms with van der Waals surface area (Å²) in [5, 5.41) is 10.9. The highest BCUT2D eigenvalue weighted by atomic mass is 16.4. The van der Waals surface area contributed by atoms with Gasteiger partial charge in [-0.15, -0.1) is 5.16 Å². The van der Waals surface area contributed by atoms with Gasteiger partial charge in [-0.1, -0.05) is 0 Å². The predicted octanol–water partition coefficient (Wildman–Crippen LogP) is -0.887. The summed E-state index contributed by atoms with van der Waals surface area (Å²) in [7, 11) is 2.51. The Kier molecular flexibility index (Phi) is 2.50. The zero-order valence-electron chi connectivity index (χ0n) is 7.67. The molecule has 4 amide bonds. The van der Waals surface area contributed by atoms with Crippen LogP contribution in [0.2, 0.25) is 0 Å². The third-order valence-corrected chi connectivity index (χ3v) is 1.98. The lowest BCUT2D eigenvalue weighted by Crippen LogP contribution is -2.57. The van der Waals surface area contributed by atoms with Gasteiger partial charge in [0.1, 0.15) is 0 Å². The molecular formula is C7H9N3O4. The van der Waals surface area contributed by atoms with E-state index in [-0.39, 0.29) is 0 Å². The Bertz CT molecular complexity index is 301. The average Bonchev–Trinajstić information content (AvgIpc) is 2.19. The molecule has 7 nitrogen and oxygen atoms in total. The van der Waals surface area contributed by atoms with Crippen LogP contribution in [0.5, 0.6) is 0 Å². The van der Waals surface area contributed by atoms with Crippen LogP contribution < -0.4 is 0 Å². The average molecular weight is 199 g/mol. The minimum Gasteiger partial charge on any atom is -0.411 e. The number of rotatable bonds is 1. The van der Waals surface area contributed by atoms with E-state index in [0.29, 0.717) is 0 Å². The van der Waals surface area contributed by atoms with Crippen LogP contribution in [-0.4, -0.2) is 53.2 Å². The lowest BCUT2D eigenvalue weighted by atomic mass is 10.1. The topological polar surface area (TPSA) is 90.3 Å². The summed E-state index contributed by atoms with van der Waals surface area (Å²) in [4.78, 5) is 35.5. The van der Waals surface area contributed by atoms with Gasteiger partial charge < -0.3 is 5.21 Å². The summed E-state index contributed by atoms with van der Waals surface area (Å²) in [6, 6.07) is -0.692. The zero-order chi connectivity index (χ0) is 10.9. The SMILES string of the molecule is CN1C(=O)C(/C=N\O)C(=O)N(C)C1=O. The van der Waals surface area contributed by atoms with Crippen molar-refractivity contribution in [1.82, 2.24) is 9.80 Å². The molecule has 14 heavy (non-hydrogen) atoms. The molecule has 1 fully saturated rings. The third kappa shape index (κ3) is 1.32. The van der Waals surface area contributed by atoms with Gasteiger partial charge in [0.15, 0.2) is 5.92 Å². The van der Waals surface area contributed by atoms with Gasteiger partial charge in [-0.2, -0.15) is 0 Å². The first-order chi connectivity index (χ1) is 6.50. The molecule has 0 saturated carbocycles. The van der Waals surface area contributed by atoms with Gasteiger partial charge in [0, 0.05) is 14.1 Å². The van der Waals surface area contributed by atoms with E-state index in [0.717, 1.165) is 16.0 Å². The Hall–Kier alpha value is -1.92. The lowest BCUT2D eigenvalue weighted by Gasteiger charge is -2.30. The molecule has 1 saturated heterocycles. The number of amides is 4. The number of hydrogen-bond acceptors (Lipinski definition) is 5. The molecule has 7 heteroatoms. The monoisotopic (exact) mass is 199 g/mol. The molecule has 0 radical (unpaired) electrons. The third-order valence-electron chi connectivity index (χ3n) is 1.98. The van der Waals surface area contributed by atoms with Gasteiger partial charge in [0.05, 0.1) is 6.21 Å². The first-order valence-corrected chi connectivity index (χ1v) is 3.77. The standard InChI is InChI=1S/C7H9N3O4/c1-9-5(11)4(3-8-14)6(12)10(2)7(9)13/h3-4,14H,1-2H3/b8-3-. The smallest absolute Gasteiger partial charge is 0.332 e. The van der Waals surface area contributed by atoms with Crippen molar-refractivity contribution in [2.75, 3.05) is 14.1 Å². The highest BCUT2D eigenvalue weighted by molar-refractivity contribution is 6.22. The molecule has 0 aromatic heterocycles. The van der Waals surface area contributed by atoms with Crippen LogP contribution in [0.4, 0.5) is 4.79 Å². The van der Waals surface area contributed by atoms with Crippen LogP contribution in [0.1, 0.15) is 0 Å². The first kappa shape index (κ1) is 10.2. The molecule has 0 unspecified atom stereocenters. The number of oxime groups is 1. The number of nitrogens with zero attached hydrogens (tertiary/aromatic N) is 3. The molecular weight excluding hydrogens is 190 g/mol. The van der Waals surface area contributed by atoms with Gasteiger partial charge >= 0.3 is 6.03 Å². The van der Waals surface area contributed by atoms with Crippen LogP contribution in [0.15, 0.2) is 5.16 Å². The fraction of sp³-hybridized carbons (Fsp3) is 0.429. The normalized spacial score (nSPS) is 20.0. The van der Waals surface area contributed by atoms with Crippen LogP contribution in [-0.2, 0) is 9.59 Å². The van der Waals surface area contributed by atoms with Crippen molar-refractivity contribution in [1.29, 1.82) is 0 Å². The van der Waals surface area contributed by atoms with E-state index in [9.17, 15) is 14.4 Å². The van der Waals surface area contributed by atoms with E-state index < -0.39 is 23.8 Å². The van der Waals surface area contributed by atoms with Gasteiger partial charge in [0.2, 0.25) is 11.8 Å². The molecule has 0 spiro atoms. The fourth-order valence-electron chi connectivity index (χ4n) is 1.13. The molecule has 1 aliphatic heterocycles. The number of carbonyl (C=O) groups is 3.